The van der Waals surface area contributed by atoms with Crippen LogP contribution in [0.5, 0.6) is 11.6 Å². The van der Waals surface area contributed by atoms with Crippen LogP contribution >= 0.6 is 71.2 Å². The van der Waals surface area contributed by atoms with Crippen molar-refractivity contribution in [3.8, 4) is 11.6 Å². The number of Topliss-reactive ketones (excluding diaryl/α,β-unsaturated/α-hetero) is 1. The van der Waals surface area contributed by atoms with E-state index in [1.54, 1.807) is 19.9 Å². The van der Waals surface area contributed by atoms with E-state index in [9.17, 15) is 43.5 Å². The van der Waals surface area contributed by atoms with Crippen LogP contribution in [-0.4, -0.2) is 130 Å². The van der Waals surface area contributed by atoms with E-state index in [-0.39, 0.29) is 94.2 Å². The Balaban J connectivity index is 1.02. The summed E-state index contributed by atoms with van der Waals surface area (Å²) < 4.78 is 96.0. The fraction of sp³-hybridized carbons (Fsp3) is 0.473. The van der Waals surface area contributed by atoms with E-state index in [1.165, 1.54) is 87.4 Å². The highest BCUT2D eigenvalue weighted by atomic mass is 35.5. The summed E-state index contributed by atoms with van der Waals surface area (Å²) in [5, 5.41) is 14.2. The van der Waals surface area contributed by atoms with Crippen LogP contribution < -0.4 is 32.6 Å². The highest BCUT2D eigenvalue weighted by Crippen LogP contribution is 2.67. The number of aliphatic hydroxyl groups is 1. The maximum atomic E-state index is 15.6. The molecule has 0 bridgehead atoms. The van der Waals surface area contributed by atoms with Gasteiger partial charge in [-0.2, -0.15) is 9.97 Å². The average molecular weight is 1420 g/mol. The molecule has 496 valence electrons. The number of amides is 1. The van der Waals surface area contributed by atoms with Crippen molar-refractivity contribution in [3.63, 3.8) is 0 Å². The minimum absolute atomic E-state index is 0.0585. The molecule has 6 aromatic rings. The second-order valence-corrected chi connectivity index (χ2v) is 30.6. The van der Waals surface area contributed by atoms with Crippen molar-refractivity contribution in [2.24, 2.45) is 5.92 Å². The van der Waals surface area contributed by atoms with Gasteiger partial charge in [-0.1, -0.05) is 55.6 Å². The minimum atomic E-state index is -4.72. The third-order valence-corrected chi connectivity index (χ3v) is 22.0. The van der Waals surface area contributed by atoms with Gasteiger partial charge in [0, 0.05) is 93.9 Å². The highest BCUT2D eigenvalue weighted by Gasteiger charge is 2.48. The van der Waals surface area contributed by atoms with Gasteiger partial charge in [-0.05, 0) is 68.6 Å². The van der Waals surface area contributed by atoms with Crippen molar-refractivity contribution >= 4 is 112 Å². The normalized spacial score (nSPS) is 22.7. The van der Waals surface area contributed by atoms with Gasteiger partial charge in [-0.15, -0.1) is 0 Å². The number of benzene rings is 2. The summed E-state index contributed by atoms with van der Waals surface area (Å²) in [6.07, 6.45) is -8.92. The molecule has 11 unspecified atom stereocenters. The number of carbonyl (C=O) groups excluding carboxylic acids is 4. The molecular formula is C55H62Cl3N9O21P2S2. The SMILES string of the molecule is CCC(=O)OCSP(=O)(OCC1OC(n2cc(C)c(=O)[nH]c2=O)CC1OP(=O)(OCC1OC(n2cc(C)c(=O)[nH]c2=O)CC1OC(=O)CCC(C)=O)Sc1ccc(Cl)cc1)OC1CC(n2cnc3c(Oc4cc(Cl)ccc4Cl)nc(NC(=O)C(C)C)nc32)OC1CO. The van der Waals surface area contributed by atoms with Crippen molar-refractivity contribution < 1.29 is 79.9 Å². The molecule has 7 heterocycles. The largest absolute Gasteiger partial charge is 0.459 e. The molecule has 0 aliphatic carbocycles. The number of nitrogens with one attached hydrogen (secondary N) is 3. The second kappa shape index (κ2) is 30.6. The Morgan fingerprint density at radius 3 is 1.93 bits per heavy atom. The molecule has 37 heteroatoms. The van der Waals surface area contributed by atoms with Gasteiger partial charge in [0.15, 0.2) is 11.2 Å². The number of imidazole rings is 1. The van der Waals surface area contributed by atoms with Gasteiger partial charge in [-0.25, -0.2) is 23.7 Å². The number of aryl methyl sites for hydroxylation is 2. The monoisotopic (exact) mass is 1420 g/mol. The lowest BCUT2D eigenvalue weighted by molar-refractivity contribution is -0.153. The maximum Gasteiger partial charge on any atom is 0.394 e. The lowest BCUT2D eigenvalue weighted by Gasteiger charge is -2.28. The van der Waals surface area contributed by atoms with E-state index in [0.29, 0.717) is 32.7 Å². The topological polar surface area (TPSA) is 380 Å². The van der Waals surface area contributed by atoms with E-state index in [1.807, 2.05) is 0 Å². The summed E-state index contributed by atoms with van der Waals surface area (Å²) in [6.45, 7) is -2.52. The predicted octanol–water partition coefficient (Wildman–Crippen LogP) is 8.48. The standard InChI is InChI=1S/C55H62Cl3N9O21P2S2/c1-7-45(70)79-26-91-89(77,87-37-18-44(82-39(37)22-68)67-25-59-47-48(67)60-53(61-49(72)27(2)3)64-52(47)86-35-16-32(57)11-14-34(35)58)80-24-41-38(19-43(84-41)66-21-29(5)51(74)63-55(66)76)88-90(78,92-33-12-9-31(56)10-13-33)81-23-40-36(85-46(71)15-8-30(6)69)17-42(83-40)65-20-28(4)50(73)62-54(65)75/h9-14,16,20-21,25,27,36-44,68H,7-8,15,17-19,22-24,26H2,1-6H3,(H,62,73,75)(H,63,74,76)(H,60,61,64,72). The first-order chi connectivity index (χ1) is 43.7. The number of esters is 2. The van der Waals surface area contributed by atoms with Gasteiger partial charge in [0.2, 0.25) is 11.9 Å². The fourth-order valence-corrected chi connectivity index (χ4v) is 16.2. The molecule has 9 rings (SSSR count). The van der Waals surface area contributed by atoms with Crippen LogP contribution in [0.25, 0.3) is 11.2 Å². The Labute approximate surface area is 545 Å². The first-order valence-electron chi connectivity index (χ1n) is 28.4. The molecule has 0 spiro atoms. The Bertz CT molecular complexity index is 4080. The summed E-state index contributed by atoms with van der Waals surface area (Å²) in [7, 11) is 0. The molecule has 2 aromatic carbocycles. The van der Waals surface area contributed by atoms with Gasteiger partial charge in [0.25, 0.3) is 17.0 Å². The highest BCUT2D eigenvalue weighted by molar-refractivity contribution is 8.55. The Kier molecular flexibility index (Phi) is 23.3. The van der Waals surface area contributed by atoms with Gasteiger partial charge in [-0.3, -0.25) is 71.1 Å². The van der Waals surface area contributed by atoms with Gasteiger partial charge >= 0.3 is 36.9 Å². The molecule has 3 aliphatic heterocycles. The smallest absolute Gasteiger partial charge is 0.394 e. The number of halogens is 3. The Morgan fingerprint density at radius 2 is 1.33 bits per heavy atom. The van der Waals surface area contributed by atoms with Crippen LogP contribution in [0.2, 0.25) is 15.1 Å². The van der Waals surface area contributed by atoms with Gasteiger partial charge in [0.05, 0.1) is 37.6 Å². The number of rotatable bonds is 28. The Morgan fingerprint density at radius 1 is 0.761 bits per heavy atom. The molecule has 0 saturated carbocycles. The second-order valence-electron chi connectivity index (χ2n) is 21.4. The number of anilines is 1. The third-order valence-electron chi connectivity index (χ3n) is 14.2. The summed E-state index contributed by atoms with van der Waals surface area (Å²) in [6, 6.07) is 10.5. The molecule has 4 aromatic heterocycles. The zero-order valence-corrected chi connectivity index (χ0v) is 55.4. The number of hydrogen-bond acceptors (Lipinski definition) is 26. The number of carbonyl (C=O) groups is 4. The lowest BCUT2D eigenvalue weighted by atomic mass is 10.1. The first-order valence-corrected chi connectivity index (χ1v) is 35.6. The van der Waals surface area contributed by atoms with E-state index in [0.717, 1.165) is 9.13 Å². The van der Waals surface area contributed by atoms with E-state index >= 15 is 9.13 Å². The maximum absolute atomic E-state index is 15.6. The van der Waals surface area contributed by atoms with Crippen LogP contribution in [0, 0.1) is 19.8 Å². The molecule has 3 aliphatic rings. The molecule has 92 heavy (non-hydrogen) atoms. The molecule has 30 nitrogen and oxygen atoms in total. The van der Waals surface area contributed by atoms with Crippen LogP contribution in [0.15, 0.2) is 85.3 Å². The molecule has 11 atom stereocenters. The van der Waals surface area contributed by atoms with Crippen LogP contribution in [0.4, 0.5) is 5.95 Å². The summed E-state index contributed by atoms with van der Waals surface area (Å²) in [5.41, 5.74) is -2.74. The number of aromatic nitrogens is 8. The van der Waals surface area contributed by atoms with Crippen molar-refractivity contribution in [3.05, 3.63) is 129 Å². The van der Waals surface area contributed by atoms with Crippen molar-refractivity contribution in [2.75, 3.05) is 31.1 Å². The summed E-state index contributed by atoms with van der Waals surface area (Å²) >= 11 is 20.0. The average Bonchev–Trinajstić information content (AvgIpc) is 1.66. The lowest BCUT2D eigenvalue weighted by Crippen LogP contribution is -2.33. The zero-order valence-electron chi connectivity index (χ0n) is 49.8. The number of aliphatic hydroxyl groups excluding tert-OH is 1. The third kappa shape index (κ3) is 17.6. The Hall–Kier alpha value is -6.06. The minimum Gasteiger partial charge on any atom is -0.459 e. The summed E-state index contributed by atoms with van der Waals surface area (Å²) in [4.78, 5) is 120. The first kappa shape index (κ1) is 70.3. The van der Waals surface area contributed by atoms with Crippen LogP contribution in [0.1, 0.15) is 96.0 Å². The predicted molar refractivity (Wildman–Crippen MR) is 333 cm³/mol. The van der Waals surface area contributed by atoms with E-state index in [2.05, 4.69) is 30.2 Å². The molecule has 3 fully saturated rings. The van der Waals surface area contributed by atoms with Gasteiger partial charge in [0.1, 0.15) is 72.8 Å². The molecule has 0 radical (unpaired) electrons. The molecule has 3 saturated heterocycles. The van der Waals surface area contributed by atoms with E-state index in [4.69, 9.17) is 81.3 Å². The number of ether oxygens (including phenoxy) is 6. The molecule has 1 amide bonds. The number of nitrogens with zero attached hydrogens (tertiary/aromatic N) is 6. The number of aromatic amines is 2. The molecule has 4 N–H and O–H groups in total. The number of ketones is 1. The zero-order chi connectivity index (χ0) is 66.3. The quantitative estimate of drug-likeness (QED) is 0.0203. The van der Waals surface area contributed by atoms with Crippen molar-refractivity contribution in [1.29, 1.82) is 0 Å². The van der Waals surface area contributed by atoms with E-state index < -0.39 is 141 Å². The number of H-pyrrole nitrogens is 2. The van der Waals surface area contributed by atoms with Crippen LogP contribution in [0.3, 0.4) is 0 Å². The number of hydrogen-bond donors (Lipinski definition) is 4. The number of fused-ring (bicyclic) bond motifs is 1. The van der Waals surface area contributed by atoms with Gasteiger partial charge < -0.3 is 38.3 Å². The van der Waals surface area contributed by atoms with Crippen LogP contribution in [-0.2, 0) is 70.1 Å². The summed E-state index contributed by atoms with van der Waals surface area (Å²) in [5.74, 6) is -3.54. The van der Waals surface area contributed by atoms with Crippen molar-refractivity contribution in [1.82, 2.24) is 38.6 Å². The van der Waals surface area contributed by atoms with Crippen molar-refractivity contribution in [2.45, 2.75) is 140 Å². The fourth-order valence-electron chi connectivity index (χ4n) is 9.39. The molecular weight excluding hydrogens is 1360 g/mol.